The lowest BCUT2D eigenvalue weighted by Gasteiger charge is -2.37. The summed E-state index contributed by atoms with van der Waals surface area (Å²) in [5, 5.41) is 0. The number of thioether (sulfide) groups is 1. The number of carbonyl (C=O) groups excluding carboxylic acids is 1. The number of hydrogen-bond donors (Lipinski definition) is 1. The zero-order valence-electron chi connectivity index (χ0n) is 13.0. The van der Waals surface area contributed by atoms with Crippen LogP contribution in [-0.4, -0.2) is 40.9 Å². The molecule has 0 saturated heterocycles. The summed E-state index contributed by atoms with van der Waals surface area (Å²) >= 11 is 1.82. The minimum Gasteiger partial charge on any atom is -0.368 e. The molecule has 0 radical (unpaired) electrons. The van der Waals surface area contributed by atoms with Gasteiger partial charge >= 0.3 is 0 Å². The van der Waals surface area contributed by atoms with Gasteiger partial charge in [-0.1, -0.05) is 20.8 Å². The molecular formula is C14H30N2OS. The van der Waals surface area contributed by atoms with Crippen molar-refractivity contribution in [2.75, 3.05) is 18.6 Å². The third-order valence-electron chi connectivity index (χ3n) is 3.13. The Labute approximate surface area is 117 Å². The smallest absolute Gasteiger partial charge is 0.235 e. The highest BCUT2D eigenvalue weighted by atomic mass is 32.2. The van der Waals surface area contributed by atoms with Gasteiger partial charge in [0, 0.05) is 11.3 Å². The van der Waals surface area contributed by atoms with Gasteiger partial charge in [0.25, 0.3) is 0 Å². The van der Waals surface area contributed by atoms with Crippen molar-refractivity contribution in [3.05, 3.63) is 0 Å². The van der Waals surface area contributed by atoms with Gasteiger partial charge in [-0.3, -0.25) is 9.69 Å². The van der Waals surface area contributed by atoms with Crippen LogP contribution in [0.3, 0.4) is 0 Å². The molecular weight excluding hydrogens is 244 g/mol. The van der Waals surface area contributed by atoms with E-state index in [1.165, 1.54) is 0 Å². The molecule has 4 heteroatoms. The molecule has 0 aliphatic heterocycles. The first kappa shape index (κ1) is 17.8. The van der Waals surface area contributed by atoms with Crippen molar-refractivity contribution in [1.29, 1.82) is 0 Å². The fourth-order valence-electron chi connectivity index (χ4n) is 1.43. The molecule has 0 rings (SSSR count). The van der Waals surface area contributed by atoms with E-state index >= 15 is 0 Å². The molecule has 0 heterocycles. The number of carbonyl (C=O) groups is 1. The standard InChI is InChI=1S/C14H30N2OS/c1-13(2,3)8-9-18-10-11(12(15)17)16(7)14(4,5)6/h11H,8-10H2,1-7H3,(H2,15,17)/t11-/m1/s1. The van der Waals surface area contributed by atoms with Gasteiger partial charge in [0.15, 0.2) is 0 Å². The van der Waals surface area contributed by atoms with Crippen molar-refractivity contribution < 1.29 is 4.79 Å². The fourth-order valence-corrected chi connectivity index (χ4v) is 2.96. The number of primary amides is 1. The van der Waals surface area contributed by atoms with E-state index < -0.39 is 0 Å². The topological polar surface area (TPSA) is 46.3 Å². The first-order chi connectivity index (χ1) is 7.95. The van der Waals surface area contributed by atoms with Gasteiger partial charge in [-0.2, -0.15) is 11.8 Å². The maximum absolute atomic E-state index is 11.5. The Balaban J connectivity index is 4.27. The van der Waals surface area contributed by atoms with Crippen molar-refractivity contribution in [3.8, 4) is 0 Å². The Hall–Kier alpha value is -0.220. The maximum Gasteiger partial charge on any atom is 0.235 e. The van der Waals surface area contributed by atoms with Crippen LogP contribution in [-0.2, 0) is 4.79 Å². The van der Waals surface area contributed by atoms with Crippen LogP contribution in [0, 0.1) is 5.41 Å². The Morgan fingerprint density at radius 3 is 2.06 bits per heavy atom. The Morgan fingerprint density at radius 2 is 1.72 bits per heavy atom. The Kier molecular flexibility index (Phi) is 6.72. The van der Waals surface area contributed by atoms with Gasteiger partial charge < -0.3 is 5.73 Å². The second kappa shape index (κ2) is 6.80. The van der Waals surface area contributed by atoms with Gasteiger partial charge in [0.1, 0.15) is 0 Å². The maximum atomic E-state index is 11.5. The van der Waals surface area contributed by atoms with Gasteiger partial charge in [0.05, 0.1) is 6.04 Å². The zero-order chi connectivity index (χ0) is 14.6. The Morgan fingerprint density at radius 1 is 1.22 bits per heavy atom. The molecule has 0 aliphatic rings. The van der Waals surface area contributed by atoms with E-state index in [4.69, 9.17) is 5.73 Å². The first-order valence-corrected chi connectivity index (χ1v) is 7.70. The lowest BCUT2D eigenvalue weighted by molar-refractivity contribution is -0.123. The molecule has 0 aromatic carbocycles. The molecule has 0 aromatic heterocycles. The SMILES string of the molecule is CN([C@H](CSCCC(C)(C)C)C(N)=O)C(C)(C)C. The number of amides is 1. The molecule has 0 aromatic rings. The van der Waals surface area contributed by atoms with Crippen molar-refractivity contribution in [3.63, 3.8) is 0 Å². The molecule has 0 aliphatic carbocycles. The number of nitrogens with zero attached hydrogens (tertiary/aromatic N) is 1. The van der Waals surface area contributed by atoms with Crippen LogP contribution in [0.2, 0.25) is 0 Å². The van der Waals surface area contributed by atoms with Crippen LogP contribution < -0.4 is 5.73 Å². The van der Waals surface area contributed by atoms with Gasteiger partial charge in [-0.05, 0) is 45.4 Å². The number of nitrogens with two attached hydrogens (primary N) is 1. The van der Waals surface area contributed by atoms with Crippen molar-refractivity contribution in [2.45, 2.75) is 59.5 Å². The summed E-state index contributed by atoms with van der Waals surface area (Å²) in [5.74, 6) is 1.63. The highest BCUT2D eigenvalue weighted by molar-refractivity contribution is 7.99. The molecule has 0 bridgehead atoms. The van der Waals surface area contributed by atoms with Gasteiger partial charge in [-0.25, -0.2) is 0 Å². The predicted octanol–water partition coefficient (Wildman–Crippen LogP) is 2.74. The summed E-state index contributed by atoms with van der Waals surface area (Å²) in [6, 6.07) is -0.185. The molecule has 0 saturated carbocycles. The van der Waals surface area contributed by atoms with E-state index in [0.29, 0.717) is 5.41 Å². The van der Waals surface area contributed by atoms with E-state index in [9.17, 15) is 4.79 Å². The normalized spacial score (nSPS) is 14.9. The molecule has 1 amide bonds. The van der Waals surface area contributed by atoms with Crippen LogP contribution in [0.4, 0.5) is 0 Å². The van der Waals surface area contributed by atoms with E-state index in [0.717, 1.165) is 17.9 Å². The summed E-state index contributed by atoms with van der Waals surface area (Å²) < 4.78 is 0. The predicted molar refractivity (Wildman–Crippen MR) is 81.9 cm³/mol. The molecule has 2 N–H and O–H groups in total. The minimum atomic E-state index is -0.226. The molecule has 0 spiro atoms. The lowest BCUT2D eigenvalue weighted by atomic mass is 9.94. The molecule has 0 unspecified atom stereocenters. The second-order valence-corrected chi connectivity index (χ2v) is 8.24. The monoisotopic (exact) mass is 274 g/mol. The zero-order valence-corrected chi connectivity index (χ0v) is 13.9. The first-order valence-electron chi connectivity index (χ1n) is 6.55. The second-order valence-electron chi connectivity index (χ2n) is 7.09. The third kappa shape index (κ3) is 7.27. The molecule has 1 atom stereocenters. The summed E-state index contributed by atoms with van der Waals surface area (Å²) in [6.07, 6.45) is 1.16. The van der Waals surface area contributed by atoms with Crippen LogP contribution >= 0.6 is 11.8 Å². The van der Waals surface area contributed by atoms with Crippen molar-refractivity contribution in [1.82, 2.24) is 4.90 Å². The summed E-state index contributed by atoms with van der Waals surface area (Å²) in [6.45, 7) is 13.0. The highest BCUT2D eigenvalue weighted by Crippen LogP contribution is 2.23. The molecule has 3 nitrogen and oxygen atoms in total. The van der Waals surface area contributed by atoms with E-state index in [1.807, 2.05) is 18.8 Å². The largest absolute Gasteiger partial charge is 0.368 e. The molecule has 18 heavy (non-hydrogen) atoms. The van der Waals surface area contributed by atoms with Crippen molar-refractivity contribution in [2.24, 2.45) is 11.1 Å². The van der Waals surface area contributed by atoms with Crippen LogP contribution in [0.1, 0.15) is 48.0 Å². The summed E-state index contributed by atoms with van der Waals surface area (Å²) in [4.78, 5) is 13.6. The lowest BCUT2D eigenvalue weighted by Crippen LogP contribution is -2.52. The number of rotatable bonds is 6. The minimum absolute atomic E-state index is 0.0374. The van der Waals surface area contributed by atoms with Crippen LogP contribution in [0.15, 0.2) is 0 Å². The molecule has 0 fully saturated rings. The fraction of sp³-hybridized carbons (Fsp3) is 0.929. The van der Waals surface area contributed by atoms with E-state index in [1.54, 1.807) is 0 Å². The third-order valence-corrected chi connectivity index (χ3v) is 4.17. The average molecular weight is 274 g/mol. The summed E-state index contributed by atoms with van der Waals surface area (Å²) in [5.41, 5.74) is 5.82. The van der Waals surface area contributed by atoms with Gasteiger partial charge in [-0.15, -0.1) is 0 Å². The summed E-state index contributed by atoms with van der Waals surface area (Å²) in [7, 11) is 1.97. The molecule has 108 valence electrons. The highest BCUT2D eigenvalue weighted by Gasteiger charge is 2.29. The Bertz CT molecular complexity index is 266. The number of hydrogen-bond acceptors (Lipinski definition) is 3. The number of likely N-dealkylation sites (N-methyl/N-ethyl adjacent to an activating group) is 1. The van der Waals surface area contributed by atoms with E-state index in [2.05, 4.69) is 46.4 Å². The van der Waals surface area contributed by atoms with Crippen LogP contribution in [0.25, 0.3) is 0 Å². The average Bonchev–Trinajstić information content (AvgIpc) is 2.13. The van der Waals surface area contributed by atoms with E-state index in [-0.39, 0.29) is 17.5 Å². The van der Waals surface area contributed by atoms with Gasteiger partial charge in [0.2, 0.25) is 5.91 Å². The quantitative estimate of drug-likeness (QED) is 0.758. The van der Waals surface area contributed by atoms with Crippen LogP contribution in [0.5, 0.6) is 0 Å². The van der Waals surface area contributed by atoms with Crippen molar-refractivity contribution >= 4 is 17.7 Å².